The minimum atomic E-state index is -0.846. The van der Waals surface area contributed by atoms with Crippen molar-refractivity contribution in [3.05, 3.63) is 77.8 Å². The Labute approximate surface area is 148 Å². The number of hydrogen-bond donors (Lipinski definition) is 1. The molecular formula is C19H14F2N4O. The summed E-state index contributed by atoms with van der Waals surface area (Å²) in [7, 11) is 0. The third-order valence-electron chi connectivity index (χ3n) is 4.25. The molecule has 0 aliphatic carbocycles. The number of aromatic nitrogens is 2. The normalized spacial score (nSPS) is 12.8. The van der Waals surface area contributed by atoms with Gasteiger partial charge < -0.3 is 10.2 Å². The van der Waals surface area contributed by atoms with Crippen molar-refractivity contribution in [3.8, 4) is 0 Å². The van der Waals surface area contributed by atoms with Crippen LogP contribution in [-0.4, -0.2) is 22.4 Å². The molecule has 0 bridgehead atoms. The number of hydrogen-bond acceptors (Lipinski definition) is 4. The Morgan fingerprint density at radius 1 is 1.04 bits per heavy atom. The number of carbonyl (C=O) groups excluding carboxylic acids is 1. The number of para-hydroxylation sites is 2. The third-order valence-corrected chi connectivity index (χ3v) is 4.25. The van der Waals surface area contributed by atoms with E-state index in [4.69, 9.17) is 0 Å². The van der Waals surface area contributed by atoms with Gasteiger partial charge in [0.2, 0.25) is 0 Å². The molecule has 0 fully saturated rings. The lowest BCUT2D eigenvalue weighted by Gasteiger charge is -2.18. The molecule has 5 nitrogen and oxygen atoms in total. The predicted molar refractivity (Wildman–Crippen MR) is 93.5 cm³/mol. The average molecular weight is 352 g/mol. The molecule has 0 unspecified atom stereocenters. The zero-order valence-corrected chi connectivity index (χ0v) is 13.6. The number of nitrogens with zero attached hydrogens (tertiary/aromatic N) is 3. The van der Waals surface area contributed by atoms with Gasteiger partial charge >= 0.3 is 0 Å². The Morgan fingerprint density at radius 3 is 2.62 bits per heavy atom. The van der Waals surface area contributed by atoms with E-state index in [9.17, 15) is 13.6 Å². The van der Waals surface area contributed by atoms with E-state index in [1.165, 1.54) is 24.0 Å². The van der Waals surface area contributed by atoms with E-state index in [2.05, 4.69) is 15.3 Å². The minimum Gasteiger partial charge on any atom is -0.326 e. The second-order valence-electron chi connectivity index (χ2n) is 5.84. The maximum absolute atomic E-state index is 13.7. The highest BCUT2D eigenvalue weighted by molar-refractivity contribution is 6.03. The molecule has 4 rings (SSSR count). The van der Waals surface area contributed by atoms with E-state index in [0.29, 0.717) is 5.82 Å². The van der Waals surface area contributed by atoms with Crippen LogP contribution in [0.2, 0.25) is 0 Å². The average Bonchev–Trinajstić information content (AvgIpc) is 3.09. The highest BCUT2D eigenvalue weighted by Crippen LogP contribution is 2.33. The second-order valence-corrected chi connectivity index (χ2v) is 5.84. The Morgan fingerprint density at radius 2 is 1.81 bits per heavy atom. The standard InChI is InChI=1S/C19H14F2N4O/c20-13-5-3-6-14(21)18(13)24-19(26)15-10-17(23-11-22-15)25-9-8-12-4-1-2-7-16(12)25/h1-7,10-11H,8-9H2,(H,24,26). The molecule has 0 saturated heterocycles. The van der Waals surface area contributed by atoms with Crippen LogP contribution in [0.3, 0.4) is 0 Å². The Kier molecular flexibility index (Phi) is 4.04. The Bertz CT molecular complexity index is 973. The lowest BCUT2D eigenvalue weighted by molar-refractivity contribution is 0.102. The number of rotatable bonds is 3. The van der Waals surface area contributed by atoms with Gasteiger partial charge in [-0.1, -0.05) is 24.3 Å². The van der Waals surface area contributed by atoms with Crippen LogP contribution in [0.5, 0.6) is 0 Å². The minimum absolute atomic E-state index is 0.0297. The van der Waals surface area contributed by atoms with Gasteiger partial charge in [-0.05, 0) is 30.2 Å². The van der Waals surface area contributed by atoms with Gasteiger partial charge in [0.1, 0.15) is 35.2 Å². The first kappa shape index (κ1) is 16.1. The highest BCUT2D eigenvalue weighted by Gasteiger charge is 2.22. The zero-order valence-electron chi connectivity index (χ0n) is 13.6. The maximum atomic E-state index is 13.7. The van der Waals surface area contributed by atoms with Crippen LogP contribution in [0.1, 0.15) is 16.1 Å². The molecule has 1 N–H and O–H groups in total. The van der Waals surface area contributed by atoms with Crippen molar-refractivity contribution in [2.45, 2.75) is 6.42 Å². The molecule has 26 heavy (non-hydrogen) atoms. The van der Waals surface area contributed by atoms with Gasteiger partial charge in [0.15, 0.2) is 0 Å². The molecule has 1 aromatic heterocycles. The molecule has 1 aliphatic rings. The summed E-state index contributed by atoms with van der Waals surface area (Å²) < 4.78 is 27.4. The fourth-order valence-electron chi connectivity index (χ4n) is 2.99. The van der Waals surface area contributed by atoms with Crippen molar-refractivity contribution in [3.63, 3.8) is 0 Å². The number of benzene rings is 2. The van der Waals surface area contributed by atoms with E-state index in [1.54, 1.807) is 0 Å². The van der Waals surface area contributed by atoms with Gasteiger partial charge in [0, 0.05) is 18.3 Å². The lowest BCUT2D eigenvalue weighted by atomic mass is 10.2. The van der Waals surface area contributed by atoms with E-state index in [0.717, 1.165) is 30.8 Å². The van der Waals surface area contributed by atoms with Gasteiger partial charge in [0.05, 0.1) is 0 Å². The number of anilines is 3. The van der Waals surface area contributed by atoms with E-state index in [-0.39, 0.29) is 5.69 Å². The number of halogens is 2. The van der Waals surface area contributed by atoms with Crippen LogP contribution >= 0.6 is 0 Å². The van der Waals surface area contributed by atoms with Crippen LogP contribution in [0.25, 0.3) is 0 Å². The van der Waals surface area contributed by atoms with Gasteiger partial charge in [-0.25, -0.2) is 18.7 Å². The molecule has 3 aromatic rings. The van der Waals surface area contributed by atoms with Crippen molar-refractivity contribution in [2.24, 2.45) is 0 Å². The first-order valence-electron chi connectivity index (χ1n) is 8.06. The summed E-state index contributed by atoms with van der Waals surface area (Å²) in [5, 5.41) is 2.23. The molecule has 0 radical (unpaired) electrons. The monoisotopic (exact) mass is 352 g/mol. The van der Waals surface area contributed by atoms with E-state index in [1.807, 2.05) is 29.2 Å². The summed E-state index contributed by atoms with van der Waals surface area (Å²) >= 11 is 0. The van der Waals surface area contributed by atoms with Crippen molar-refractivity contribution in [1.82, 2.24) is 9.97 Å². The summed E-state index contributed by atoms with van der Waals surface area (Å²) in [5.41, 5.74) is 1.76. The van der Waals surface area contributed by atoms with Crippen molar-refractivity contribution < 1.29 is 13.6 Å². The number of carbonyl (C=O) groups is 1. The van der Waals surface area contributed by atoms with Crippen molar-refractivity contribution in [1.29, 1.82) is 0 Å². The van der Waals surface area contributed by atoms with Gasteiger partial charge in [0.25, 0.3) is 5.91 Å². The molecule has 1 aliphatic heterocycles. The van der Waals surface area contributed by atoms with Crippen LogP contribution in [0.4, 0.5) is 26.0 Å². The summed E-state index contributed by atoms with van der Waals surface area (Å²) in [5.74, 6) is -1.84. The van der Waals surface area contributed by atoms with E-state index >= 15 is 0 Å². The molecule has 1 amide bonds. The number of amides is 1. The fraction of sp³-hybridized carbons (Fsp3) is 0.105. The smallest absolute Gasteiger partial charge is 0.274 e. The number of fused-ring (bicyclic) bond motifs is 1. The van der Waals surface area contributed by atoms with E-state index < -0.39 is 23.2 Å². The lowest BCUT2D eigenvalue weighted by Crippen LogP contribution is -2.19. The second kappa shape index (κ2) is 6.51. The highest BCUT2D eigenvalue weighted by atomic mass is 19.1. The van der Waals surface area contributed by atoms with Gasteiger partial charge in [-0.3, -0.25) is 4.79 Å². The molecule has 0 spiro atoms. The molecule has 2 heterocycles. The summed E-state index contributed by atoms with van der Waals surface area (Å²) in [4.78, 5) is 22.5. The van der Waals surface area contributed by atoms with Crippen LogP contribution < -0.4 is 10.2 Å². The summed E-state index contributed by atoms with van der Waals surface area (Å²) in [6.45, 7) is 0.735. The SMILES string of the molecule is O=C(Nc1c(F)cccc1F)c1cc(N2CCc3ccccc32)ncn1. The topological polar surface area (TPSA) is 58.1 Å². The predicted octanol–water partition coefficient (Wildman–Crippen LogP) is 3.70. The molecule has 0 atom stereocenters. The largest absolute Gasteiger partial charge is 0.326 e. The molecule has 2 aromatic carbocycles. The van der Waals surface area contributed by atoms with Crippen LogP contribution in [0.15, 0.2) is 54.9 Å². The quantitative estimate of drug-likeness (QED) is 0.781. The first-order valence-corrected chi connectivity index (χ1v) is 8.06. The van der Waals surface area contributed by atoms with Crippen molar-refractivity contribution >= 4 is 23.1 Å². The molecule has 7 heteroatoms. The Hall–Kier alpha value is -3.35. The Balaban J connectivity index is 1.61. The fourth-order valence-corrected chi connectivity index (χ4v) is 2.99. The van der Waals surface area contributed by atoms with Crippen molar-refractivity contribution in [2.75, 3.05) is 16.8 Å². The number of nitrogens with one attached hydrogen (secondary N) is 1. The van der Waals surface area contributed by atoms with Crippen LogP contribution in [-0.2, 0) is 6.42 Å². The third kappa shape index (κ3) is 2.88. The first-order chi connectivity index (χ1) is 12.6. The van der Waals surface area contributed by atoms with Crippen LogP contribution in [0, 0.1) is 11.6 Å². The maximum Gasteiger partial charge on any atom is 0.274 e. The molecular weight excluding hydrogens is 338 g/mol. The van der Waals surface area contributed by atoms with Gasteiger partial charge in [-0.15, -0.1) is 0 Å². The zero-order chi connectivity index (χ0) is 18.1. The van der Waals surface area contributed by atoms with Gasteiger partial charge in [-0.2, -0.15) is 0 Å². The summed E-state index contributed by atoms with van der Waals surface area (Å²) in [6.07, 6.45) is 2.14. The molecule has 130 valence electrons. The molecule has 0 saturated carbocycles. The summed E-state index contributed by atoms with van der Waals surface area (Å²) in [6, 6.07) is 12.8.